The second-order valence-corrected chi connectivity index (χ2v) is 6.65. The Morgan fingerprint density at radius 2 is 2.06 bits per heavy atom. The van der Waals surface area contributed by atoms with Gasteiger partial charge in [0.1, 0.15) is 0 Å². The summed E-state index contributed by atoms with van der Waals surface area (Å²) >= 11 is 1.93. The maximum atomic E-state index is 11.9. The SMILES string of the molecule is O=C(CC1(C(=O)O)CCCC1)NCC1CCSC1. The van der Waals surface area contributed by atoms with E-state index < -0.39 is 11.4 Å². The van der Waals surface area contributed by atoms with E-state index in [1.165, 1.54) is 5.75 Å². The Morgan fingerprint density at radius 3 is 2.61 bits per heavy atom. The lowest BCUT2D eigenvalue weighted by Gasteiger charge is -2.23. The van der Waals surface area contributed by atoms with Crippen LogP contribution in [0.1, 0.15) is 38.5 Å². The number of amides is 1. The zero-order valence-electron chi connectivity index (χ0n) is 10.6. The van der Waals surface area contributed by atoms with Crippen molar-refractivity contribution in [1.29, 1.82) is 0 Å². The summed E-state index contributed by atoms with van der Waals surface area (Å²) in [6.45, 7) is 0.710. The second kappa shape index (κ2) is 5.95. The average molecular weight is 271 g/mol. The number of carboxylic acids is 1. The lowest BCUT2D eigenvalue weighted by atomic mass is 9.82. The Labute approximate surface area is 112 Å². The molecule has 2 rings (SSSR count). The molecule has 2 fully saturated rings. The molecule has 102 valence electrons. The zero-order chi connectivity index (χ0) is 13.0. The number of carbonyl (C=O) groups is 2. The summed E-state index contributed by atoms with van der Waals surface area (Å²) in [5, 5.41) is 12.2. The Bertz CT molecular complexity index is 320. The van der Waals surface area contributed by atoms with Crippen LogP contribution in [0.3, 0.4) is 0 Å². The number of aliphatic carboxylic acids is 1. The van der Waals surface area contributed by atoms with E-state index in [1.54, 1.807) is 0 Å². The fourth-order valence-electron chi connectivity index (χ4n) is 2.89. The van der Waals surface area contributed by atoms with Gasteiger partial charge in [0.2, 0.25) is 5.91 Å². The molecule has 0 bridgehead atoms. The molecule has 0 aromatic carbocycles. The molecule has 0 radical (unpaired) electrons. The van der Waals surface area contributed by atoms with Crippen molar-refractivity contribution in [1.82, 2.24) is 5.32 Å². The third-order valence-electron chi connectivity index (χ3n) is 4.13. The molecule has 0 aromatic rings. The topological polar surface area (TPSA) is 66.4 Å². The van der Waals surface area contributed by atoms with E-state index in [0.717, 1.165) is 25.0 Å². The highest BCUT2D eigenvalue weighted by Crippen LogP contribution is 2.41. The summed E-state index contributed by atoms with van der Waals surface area (Å²) in [6.07, 6.45) is 4.47. The molecule has 1 unspecified atom stereocenters. The Morgan fingerprint density at radius 1 is 1.33 bits per heavy atom. The highest BCUT2D eigenvalue weighted by molar-refractivity contribution is 7.99. The molecule has 1 saturated heterocycles. The van der Waals surface area contributed by atoms with Gasteiger partial charge in [0, 0.05) is 13.0 Å². The summed E-state index contributed by atoms with van der Waals surface area (Å²) in [5.74, 6) is 1.98. The van der Waals surface area contributed by atoms with Gasteiger partial charge < -0.3 is 10.4 Å². The molecule has 18 heavy (non-hydrogen) atoms. The van der Waals surface area contributed by atoms with Gasteiger partial charge in [0.15, 0.2) is 0 Å². The summed E-state index contributed by atoms with van der Waals surface area (Å²) in [6, 6.07) is 0. The van der Waals surface area contributed by atoms with Crippen LogP contribution in [-0.4, -0.2) is 35.0 Å². The molecule has 2 N–H and O–H groups in total. The first-order chi connectivity index (χ1) is 8.62. The van der Waals surface area contributed by atoms with E-state index in [1.807, 2.05) is 11.8 Å². The van der Waals surface area contributed by atoms with E-state index in [9.17, 15) is 14.7 Å². The summed E-state index contributed by atoms with van der Waals surface area (Å²) in [4.78, 5) is 23.2. The number of rotatable bonds is 5. The Balaban J connectivity index is 1.80. The van der Waals surface area contributed by atoms with Crippen LogP contribution in [0.4, 0.5) is 0 Å². The number of hydrogen-bond acceptors (Lipinski definition) is 3. The third kappa shape index (κ3) is 3.19. The standard InChI is InChI=1S/C13H21NO3S/c15-11(14-8-10-3-6-18-9-10)7-13(12(16)17)4-1-2-5-13/h10H,1-9H2,(H,14,15)(H,16,17). The first-order valence-corrected chi connectivity index (χ1v) is 7.86. The number of hydrogen-bond donors (Lipinski definition) is 2. The van der Waals surface area contributed by atoms with Crippen molar-refractivity contribution < 1.29 is 14.7 Å². The lowest BCUT2D eigenvalue weighted by Crippen LogP contribution is -2.37. The smallest absolute Gasteiger partial charge is 0.310 e. The highest BCUT2D eigenvalue weighted by Gasteiger charge is 2.42. The van der Waals surface area contributed by atoms with Gasteiger partial charge in [-0.05, 0) is 36.7 Å². The third-order valence-corrected chi connectivity index (χ3v) is 5.36. The zero-order valence-corrected chi connectivity index (χ0v) is 11.4. The van der Waals surface area contributed by atoms with Crippen molar-refractivity contribution >= 4 is 23.6 Å². The van der Waals surface area contributed by atoms with E-state index in [0.29, 0.717) is 25.3 Å². The van der Waals surface area contributed by atoms with Gasteiger partial charge in [-0.15, -0.1) is 0 Å². The van der Waals surface area contributed by atoms with Gasteiger partial charge in [0.25, 0.3) is 0 Å². The average Bonchev–Trinajstić information content (AvgIpc) is 2.97. The number of thioether (sulfide) groups is 1. The fourth-order valence-corrected chi connectivity index (χ4v) is 4.17. The van der Waals surface area contributed by atoms with Crippen LogP contribution < -0.4 is 5.32 Å². The maximum Gasteiger partial charge on any atom is 0.310 e. The number of nitrogens with one attached hydrogen (secondary N) is 1. The van der Waals surface area contributed by atoms with Gasteiger partial charge in [-0.25, -0.2) is 0 Å². The van der Waals surface area contributed by atoms with Crippen LogP contribution in [0.5, 0.6) is 0 Å². The fraction of sp³-hybridized carbons (Fsp3) is 0.846. The predicted molar refractivity (Wildman–Crippen MR) is 71.6 cm³/mol. The van der Waals surface area contributed by atoms with E-state index in [-0.39, 0.29) is 12.3 Å². The lowest BCUT2D eigenvalue weighted by molar-refractivity contribution is -0.151. The molecule has 1 atom stereocenters. The first-order valence-electron chi connectivity index (χ1n) is 6.70. The Hall–Kier alpha value is -0.710. The van der Waals surface area contributed by atoms with Crippen molar-refractivity contribution in [3.8, 4) is 0 Å². The van der Waals surface area contributed by atoms with Crippen LogP contribution in [-0.2, 0) is 9.59 Å². The molecule has 1 heterocycles. The maximum absolute atomic E-state index is 11.9. The van der Waals surface area contributed by atoms with Gasteiger partial charge >= 0.3 is 5.97 Å². The molecule has 1 saturated carbocycles. The van der Waals surface area contributed by atoms with Crippen LogP contribution >= 0.6 is 11.8 Å². The normalized spacial score (nSPS) is 26.1. The predicted octanol–water partition coefficient (Wildman–Crippen LogP) is 1.89. The van der Waals surface area contributed by atoms with Gasteiger partial charge in [-0.3, -0.25) is 9.59 Å². The van der Waals surface area contributed by atoms with Gasteiger partial charge in [-0.2, -0.15) is 11.8 Å². The molecule has 0 spiro atoms. The minimum atomic E-state index is -0.799. The first kappa shape index (κ1) is 13.7. The van der Waals surface area contributed by atoms with Crippen molar-refractivity contribution in [2.24, 2.45) is 11.3 Å². The Kier molecular flexibility index (Phi) is 4.54. The minimum Gasteiger partial charge on any atom is -0.481 e. The quantitative estimate of drug-likeness (QED) is 0.801. The van der Waals surface area contributed by atoms with Crippen molar-refractivity contribution in [3.63, 3.8) is 0 Å². The van der Waals surface area contributed by atoms with Crippen LogP contribution in [0.2, 0.25) is 0 Å². The molecule has 0 aromatic heterocycles. The summed E-state index contributed by atoms with van der Waals surface area (Å²) < 4.78 is 0. The summed E-state index contributed by atoms with van der Waals surface area (Å²) in [7, 11) is 0. The van der Waals surface area contributed by atoms with Crippen molar-refractivity contribution in [2.45, 2.75) is 38.5 Å². The van der Waals surface area contributed by atoms with Gasteiger partial charge in [0.05, 0.1) is 5.41 Å². The van der Waals surface area contributed by atoms with Gasteiger partial charge in [-0.1, -0.05) is 12.8 Å². The second-order valence-electron chi connectivity index (χ2n) is 5.50. The largest absolute Gasteiger partial charge is 0.481 e. The minimum absolute atomic E-state index is 0.0869. The monoisotopic (exact) mass is 271 g/mol. The van der Waals surface area contributed by atoms with E-state index >= 15 is 0 Å². The van der Waals surface area contributed by atoms with Crippen LogP contribution in [0.25, 0.3) is 0 Å². The molecule has 4 nitrogen and oxygen atoms in total. The van der Waals surface area contributed by atoms with Crippen LogP contribution in [0.15, 0.2) is 0 Å². The molecule has 1 amide bonds. The molecule has 2 aliphatic rings. The number of carboxylic acid groups (broad SMARTS) is 1. The van der Waals surface area contributed by atoms with Crippen LogP contribution in [0, 0.1) is 11.3 Å². The number of carbonyl (C=O) groups excluding carboxylic acids is 1. The molecule has 5 heteroatoms. The molecule has 1 aliphatic carbocycles. The van der Waals surface area contributed by atoms with E-state index in [2.05, 4.69) is 5.32 Å². The molecule has 1 aliphatic heterocycles. The summed E-state index contributed by atoms with van der Waals surface area (Å²) in [5.41, 5.74) is -0.783. The van der Waals surface area contributed by atoms with Crippen molar-refractivity contribution in [2.75, 3.05) is 18.1 Å². The van der Waals surface area contributed by atoms with Crippen molar-refractivity contribution in [3.05, 3.63) is 0 Å². The molecular weight excluding hydrogens is 250 g/mol. The molecular formula is C13H21NO3S. The highest BCUT2D eigenvalue weighted by atomic mass is 32.2. The van der Waals surface area contributed by atoms with E-state index in [4.69, 9.17) is 0 Å².